The van der Waals surface area contributed by atoms with Gasteiger partial charge in [0.25, 0.3) is 0 Å². The molecule has 0 amide bonds. The van der Waals surface area contributed by atoms with Gasteiger partial charge in [-0.05, 0) is 12.8 Å². The minimum atomic E-state index is -0.318. The van der Waals surface area contributed by atoms with Crippen LogP contribution in [0.1, 0.15) is 103 Å². The van der Waals surface area contributed by atoms with Crippen molar-refractivity contribution in [2.75, 3.05) is 19.8 Å². The minimum absolute atomic E-state index is 0.0864. The molecule has 144 valence electrons. The SMILES string of the molecule is CCCCCCCCCCCCCCCCOCC1OCCC1O. The molecule has 0 spiro atoms. The standard InChI is InChI=1S/C21H42O3/c1-2-3-4-5-6-7-8-9-10-11-12-13-14-15-17-23-19-21-20(22)16-18-24-21/h20-22H,2-19H2,1H3. The van der Waals surface area contributed by atoms with Crippen LogP contribution in [-0.2, 0) is 9.47 Å². The predicted molar refractivity (Wildman–Crippen MR) is 101 cm³/mol. The Balaban J connectivity index is 1.67. The van der Waals surface area contributed by atoms with E-state index in [9.17, 15) is 5.11 Å². The first kappa shape index (κ1) is 21.9. The molecule has 1 fully saturated rings. The van der Waals surface area contributed by atoms with E-state index < -0.39 is 0 Å². The van der Waals surface area contributed by atoms with Crippen LogP contribution in [0.3, 0.4) is 0 Å². The number of ether oxygens (including phenoxy) is 2. The Morgan fingerprint density at radius 2 is 1.29 bits per heavy atom. The summed E-state index contributed by atoms with van der Waals surface area (Å²) in [7, 11) is 0. The van der Waals surface area contributed by atoms with Gasteiger partial charge in [0.15, 0.2) is 0 Å². The van der Waals surface area contributed by atoms with Gasteiger partial charge in [-0.1, -0.05) is 90.4 Å². The highest BCUT2D eigenvalue weighted by molar-refractivity contribution is 4.74. The molecule has 3 nitrogen and oxygen atoms in total. The highest BCUT2D eigenvalue weighted by Gasteiger charge is 2.25. The summed E-state index contributed by atoms with van der Waals surface area (Å²) < 4.78 is 11.0. The summed E-state index contributed by atoms with van der Waals surface area (Å²) >= 11 is 0. The fourth-order valence-electron chi connectivity index (χ4n) is 3.39. The van der Waals surface area contributed by atoms with Crippen LogP contribution >= 0.6 is 0 Å². The summed E-state index contributed by atoms with van der Waals surface area (Å²) in [5, 5.41) is 9.61. The summed E-state index contributed by atoms with van der Waals surface area (Å²) in [5.41, 5.74) is 0. The van der Waals surface area contributed by atoms with Gasteiger partial charge in [-0.25, -0.2) is 0 Å². The Bertz CT molecular complexity index is 257. The summed E-state index contributed by atoms with van der Waals surface area (Å²) in [5.74, 6) is 0. The topological polar surface area (TPSA) is 38.7 Å². The van der Waals surface area contributed by atoms with Crippen molar-refractivity contribution in [2.45, 2.75) is 115 Å². The maximum Gasteiger partial charge on any atom is 0.107 e. The van der Waals surface area contributed by atoms with Crippen molar-refractivity contribution >= 4 is 0 Å². The molecule has 0 aromatic carbocycles. The first-order valence-corrected chi connectivity index (χ1v) is 10.7. The fraction of sp³-hybridized carbons (Fsp3) is 1.00. The molecular formula is C21H42O3. The highest BCUT2D eigenvalue weighted by Crippen LogP contribution is 2.14. The van der Waals surface area contributed by atoms with Crippen LogP contribution in [0.4, 0.5) is 0 Å². The normalized spacial score (nSPS) is 20.8. The van der Waals surface area contributed by atoms with E-state index in [1.54, 1.807) is 0 Å². The van der Waals surface area contributed by atoms with Crippen LogP contribution in [0, 0.1) is 0 Å². The van der Waals surface area contributed by atoms with Crippen molar-refractivity contribution in [3.63, 3.8) is 0 Å². The molecule has 1 heterocycles. The molecule has 1 aliphatic heterocycles. The van der Waals surface area contributed by atoms with Gasteiger partial charge >= 0.3 is 0 Å². The van der Waals surface area contributed by atoms with E-state index in [0.717, 1.165) is 19.4 Å². The lowest BCUT2D eigenvalue weighted by Crippen LogP contribution is -2.26. The van der Waals surface area contributed by atoms with Gasteiger partial charge in [0.05, 0.1) is 12.7 Å². The number of rotatable bonds is 17. The largest absolute Gasteiger partial charge is 0.390 e. The molecule has 0 bridgehead atoms. The molecule has 1 saturated heterocycles. The van der Waals surface area contributed by atoms with Crippen molar-refractivity contribution in [3.05, 3.63) is 0 Å². The van der Waals surface area contributed by atoms with E-state index in [0.29, 0.717) is 13.2 Å². The van der Waals surface area contributed by atoms with Crippen molar-refractivity contribution in [1.29, 1.82) is 0 Å². The maximum atomic E-state index is 9.61. The van der Waals surface area contributed by atoms with Gasteiger partial charge in [-0.2, -0.15) is 0 Å². The molecule has 3 heteroatoms. The van der Waals surface area contributed by atoms with Crippen molar-refractivity contribution < 1.29 is 14.6 Å². The molecule has 0 aromatic heterocycles. The molecule has 0 saturated carbocycles. The molecule has 1 N–H and O–H groups in total. The minimum Gasteiger partial charge on any atom is -0.390 e. The van der Waals surface area contributed by atoms with E-state index >= 15 is 0 Å². The van der Waals surface area contributed by atoms with Crippen molar-refractivity contribution in [3.8, 4) is 0 Å². The highest BCUT2D eigenvalue weighted by atomic mass is 16.5. The Morgan fingerprint density at radius 1 is 0.792 bits per heavy atom. The van der Waals surface area contributed by atoms with Crippen LogP contribution < -0.4 is 0 Å². The van der Waals surface area contributed by atoms with Crippen LogP contribution in [0.2, 0.25) is 0 Å². The van der Waals surface area contributed by atoms with E-state index in [-0.39, 0.29) is 12.2 Å². The van der Waals surface area contributed by atoms with Gasteiger partial charge in [-0.15, -0.1) is 0 Å². The molecule has 24 heavy (non-hydrogen) atoms. The third-order valence-corrected chi connectivity index (χ3v) is 5.10. The number of hydrogen-bond donors (Lipinski definition) is 1. The zero-order chi connectivity index (χ0) is 17.3. The number of unbranched alkanes of at least 4 members (excludes halogenated alkanes) is 13. The van der Waals surface area contributed by atoms with E-state index in [1.165, 1.54) is 83.5 Å². The average Bonchev–Trinajstić information content (AvgIpc) is 2.99. The van der Waals surface area contributed by atoms with E-state index in [2.05, 4.69) is 6.92 Å². The lowest BCUT2D eigenvalue weighted by Gasteiger charge is -2.13. The lowest BCUT2D eigenvalue weighted by molar-refractivity contribution is -0.0246. The van der Waals surface area contributed by atoms with Gasteiger partial charge in [0.1, 0.15) is 6.10 Å². The summed E-state index contributed by atoms with van der Waals surface area (Å²) in [6, 6.07) is 0. The molecule has 2 atom stereocenters. The Kier molecular flexibility index (Phi) is 14.9. The quantitative estimate of drug-likeness (QED) is 0.348. The second kappa shape index (κ2) is 16.4. The second-order valence-electron chi connectivity index (χ2n) is 7.44. The zero-order valence-corrected chi connectivity index (χ0v) is 16.1. The number of aliphatic hydroxyl groups excluding tert-OH is 1. The summed E-state index contributed by atoms with van der Waals surface area (Å²) in [6.07, 6.45) is 19.7. The van der Waals surface area contributed by atoms with Gasteiger partial charge in [0.2, 0.25) is 0 Å². The Labute approximate surface area is 150 Å². The van der Waals surface area contributed by atoms with E-state index in [1.807, 2.05) is 0 Å². The Hall–Kier alpha value is -0.120. The van der Waals surface area contributed by atoms with Crippen molar-refractivity contribution in [1.82, 2.24) is 0 Å². The van der Waals surface area contributed by atoms with Crippen LogP contribution in [0.25, 0.3) is 0 Å². The maximum absolute atomic E-state index is 9.61. The summed E-state index contributed by atoms with van der Waals surface area (Å²) in [4.78, 5) is 0. The smallest absolute Gasteiger partial charge is 0.107 e. The number of hydrogen-bond acceptors (Lipinski definition) is 3. The average molecular weight is 343 g/mol. The second-order valence-corrected chi connectivity index (χ2v) is 7.44. The fourth-order valence-corrected chi connectivity index (χ4v) is 3.39. The monoisotopic (exact) mass is 342 g/mol. The molecule has 2 unspecified atom stereocenters. The first-order valence-electron chi connectivity index (χ1n) is 10.7. The molecule has 1 rings (SSSR count). The van der Waals surface area contributed by atoms with Crippen molar-refractivity contribution in [2.24, 2.45) is 0 Å². The van der Waals surface area contributed by atoms with Crippen LogP contribution in [0.5, 0.6) is 0 Å². The van der Waals surface area contributed by atoms with Crippen LogP contribution in [-0.4, -0.2) is 37.1 Å². The lowest BCUT2D eigenvalue weighted by atomic mass is 10.0. The first-order chi connectivity index (χ1) is 11.8. The summed E-state index contributed by atoms with van der Waals surface area (Å²) in [6.45, 7) is 4.32. The molecular weight excluding hydrogens is 300 g/mol. The molecule has 0 radical (unpaired) electrons. The third kappa shape index (κ3) is 12.3. The zero-order valence-electron chi connectivity index (χ0n) is 16.1. The molecule has 0 aromatic rings. The third-order valence-electron chi connectivity index (χ3n) is 5.10. The van der Waals surface area contributed by atoms with Crippen LogP contribution in [0.15, 0.2) is 0 Å². The van der Waals surface area contributed by atoms with Gasteiger partial charge in [-0.3, -0.25) is 0 Å². The number of aliphatic hydroxyl groups is 1. The van der Waals surface area contributed by atoms with Gasteiger partial charge < -0.3 is 14.6 Å². The molecule has 1 aliphatic rings. The Morgan fingerprint density at radius 3 is 1.75 bits per heavy atom. The van der Waals surface area contributed by atoms with Gasteiger partial charge in [0, 0.05) is 13.2 Å². The molecule has 0 aliphatic carbocycles. The predicted octanol–water partition coefficient (Wildman–Crippen LogP) is 5.63. The van der Waals surface area contributed by atoms with E-state index in [4.69, 9.17) is 9.47 Å².